The van der Waals surface area contributed by atoms with Gasteiger partial charge in [-0.25, -0.2) is 0 Å². The van der Waals surface area contributed by atoms with E-state index < -0.39 is 0 Å². The number of rotatable bonds is 2. The molecule has 2 N–H and O–H groups in total. The van der Waals surface area contributed by atoms with E-state index in [4.69, 9.17) is 5.11 Å². The summed E-state index contributed by atoms with van der Waals surface area (Å²) >= 11 is 0. The van der Waals surface area contributed by atoms with Crippen molar-refractivity contribution in [3.8, 4) is 5.75 Å². The van der Waals surface area contributed by atoms with E-state index in [1.54, 1.807) is 6.92 Å². The van der Waals surface area contributed by atoms with Crippen molar-refractivity contribution in [2.24, 2.45) is 0 Å². The molecule has 0 spiro atoms. The zero-order chi connectivity index (χ0) is 9.14. The molecule has 0 amide bonds. The van der Waals surface area contributed by atoms with Crippen molar-refractivity contribution in [3.05, 3.63) is 29.6 Å². The molecule has 0 unspecified atom stereocenters. The second-order valence-electron chi connectivity index (χ2n) is 2.49. The van der Waals surface area contributed by atoms with E-state index in [9.17, 15) is 5.11 Å². The minimum Gasteiger partial charge on any atom is -0.505 e. The summed E-state index contributed by atoms with van der Waals surface area (Å²) in [6.07, 6.45) is 3.04. The maximum Gasteiger partial charge on any atom is 0.144 e. The average molecular weight is 202 g/mol. The number of halogens is 1. The van der Waals surface area contributed by atoms with Gasteiger partial charge in [0, 0.05) is 17.3 Å². The summed E-state index contributed by atoms with van der Waals surface area (Å²) in [5.41, 5.74) is 1.69. The Morgan fingerprint density at radius 2 is 2.23 bits per heavy atom. The summed E-state index contributed by atoms with van der Waals surface area (Å²) in [5.74, 6) is 0.0940. The lowest BCUT2D eigenvalue weighted by atomic mass is 10.1. The van der Waals surface area contributed by atoms with Gasteiger partial charge in [-0.1, -0.05) is 12.7 Å². The minimum absolute atomic E-state index is 0. The van der Waals surface area contributed by atoms with Crippen LogP contribution >= 0.6 is 12.4 Å². The van der Waals surface area contributed by atoms with Crippen molar-refractivity contribution in [2.75, 3.05) is 0 Å². The summed E-state index contributed by atoms with van der Waals surface area (Å²) in [4.78, 5) is 3.90. The van der Waals surface area contributed by atoms with E-state index >= 15 is 0 Å². The Bertz CT molecular complexity index is 313. The molecule has 0 atom stereocenters. The monoisotopic (exact) mass is 201 g/mol. The van der Waals surface area contributed by atoms with Crippen molar-refractivity contribution in [1.82, 2.24) is 4.98 Å². The Labute approximate surface area is 83.2 Å². The van der Waals surface area contributed by atoms with Gasteiger partial charge in [-0.3, -0.25) is 4.98 Å². The third kappa shape index (κ3) is 2.20. The Morgan fingerprint density at radius 3 is 2.69 bits per heavy atom. The lowest BCUT2D eigenvalue weighted by molar-refractivity contribution is 0.280. The highest BCUT2D eigenvalue weighted by Gasteiger charge is 2.06. The van der Waals surface area contributed by atoms with Crippen LogP contribution in [0.3, 0.4) is 0 Å². The zero-order valence-corrected chi connectivity index (χ0v) is 8.14. The van der Waals surface area contributed by atoms with Gasteiger partial charge in [-0.2, -0.15) is 0 Å². The number of aromatic hydroxyl groups is 1. The Balaban J connectivity index is 0.00000144. The second-order valence-corrected chi connectivity index (χ2v) is 2.49. The molecular weight excluding hydrogens is 190 g/mol. The zero-order valence-electron chi connectivity index (χ0n) is 7.32. The summed E-state index contributed by atoms with van der Waals surface area (Å²) in [5, 5.41) is 18.3. The van der Waals surface area contributed by atoms with Crippen LogP contribution in [-0.2, 0) is 6.61 Å². The third-order valence-corrected chi connectivity index (χ3v) is 1.73. The van der Waals surface area contributed by atoms with Crippen LogP contribution in [0.4, 0.5) is 0 Å². The van der Waals surface area contributed by atoms with Gasteiger partial charge in [0.15, 0.2) is 0 Å². The van der Waals surface area contributed by atoms with Crippen molar-refractivity contribution in [2.45, 2.75) is 13.5 Å². The van der Waals surface area contributed by atoms with E-state index in [1.165, 1.54) is 12.3 Å². The van der Waals surface area contributed by atoms with Crippen molar-refractivity contribution in [3.63, 3.8) is 0 Å². The predicted molar refractivity (Wildman–Crippen MR) is 53.9 cm³/mol. The number of nitrogens with zero attached hydrogens (tertiary/aromatic N) is 1. The molecule has 0 aliphatic rings. The molecule has 0 aliphatic heterocycles. The molecular formula is C9H12ClNO2. The van der Waals surface area contributed by atoms with Crippen molar-refractivity contribution >= 4 is 18.5 Å². The van der Waals surface area contributed by atoms with E-state index in [1.807, 2.05) is 0 Å². The molecule has 1 aromatic rings. The van der Waals surface area contributed by atoms with Crippen molar-refractivity contribution in [1.29, 1.82) is 0 Å². The van der Waals surface area contributed by atoms with Crippen LogP contribution < -0.4 is 0 Å². The molecule has 0 radical (unpaired) electrons. The molecule has 1 rings (SSSR count). The van der Waals surface area contributed by atoms with E-state index in [2.05, 4.69) is 11.6 Å². The molecule has 1 heterocycles. The number of aromatic nitrogens is 1. The van der Waals surface area contributed by atoms with Gasteiger partial charge in [-0.05, 0) is 6.92 Å². The van der Waals surface area contributed by atoms with Crippen LogP contribution in [0.25, 0.3) is 6.08 Å². The second kappa shape index (κ2) is 4.84. The number of pyridine rings is 1. The first-order chi connectivity index (χ1) is 5.70. The Hall–Kier alpha value is -1.06. The number of aryl methyl sites for hydroxylation is 1. The molecule has 0 aromatic carbocycles. The van der Waals surface area contributed by atoms with Crippen molar-refractivity contribution < 1.29 is 10.2 Å². The molecule has 0 bridgehead atoms. The highest BCUT2D eigenvalue weighted by Crippen LogP contribution is 2.24. The SMILES string of the molecule is C=Cc1c(CO)cnc(C)c1O.Cl. The van der Waals surface area contributed by atoms with E-state index in [0.717, 1.165) is 0 Å². The van der Waals surface area contributed by atoms with Gasteiger partial charge in [0.1, 0.15) is 5.75 Å². The number of aliphatic hydroxyl groups excluding tert-OH is 1. The molecule has 0 saturated heterocycles. The maximum atomic E-state index is 9.46. The fourth-order valence-corrected chi connectivity index (χ4v) is 1.01. The molecule has 72 valence electrons. The normalized spacial score (nSPS) is 9.08. The summed E-state index contributed by atoms with van der Waals surface area (Å²) < 4.78 is 0. The Kier molecular flexibility index (Phi) is 4.45. The summed E-state index contributed by atoms with van der Waals surface area (Å²) in [6.45, 7) is 5.10. The van der Waals surface area contributed by atoms with Crippen LogP contribution in [0, 0.1) is 6.92 Å². The van der Waals surface area contributed by atoms with Crippen LogP contribution in [0.2, 0.25) is 0 Å². The predicted octanol–water partition coefficient (Wildman–Crippen LogP) is 1.65. The standard InChI is InChI=1S/C9H11NO2.ClH/c1-3-8-7(5-11)4-10-6(2)9(8)12;/h3-4,11-12H,1,5H2,2H3;1H. The first-order valence-electron chi connectivity index (χ1n) is 3.61. The molecule has 1 aromatic heterocycles. The van der Waals surface area contributed by atoms with Gasteiger partial charge in [0.05, 0.1) is 12.3 Å². The minimum atomic E-state index is -0.137. The van der Waals surface area contributed by atoms with Crippen LogP contribution in [0.15, 0.2) is 12.8 Å². The average Bonchev–Trinajstić information content (AvgIpc) is 2.09. The third-order valence-electron chi connectivity index (χ3n) is 1.73. The lowest BCUT2D eigenvalue weighted by Crippen LogP contribution is -1.93. The first-order valence-corrected chi connectivity index (χ1v) is 3.61. The van der Waals surface area contributed by atoms with Gasteiger partial charge in [0.25, 0.3) is 0 Å². The van der Waals surface area contributed by atoms with Crippen LogP contribution in [-0.4, -0.2) is 15.2 Å². The summed E-state index contributed by atoms with van der Waals surface area (Å²) in [7, 11) is 0. The van der Waals surface area contributed by atoms with Crippen LogP contribution in [0.5, 0.6) is 5.75 Å². The van der Waals surface area contributed by atoms with Crippen LogP contribution in [0.1, 0.15) is 16.8 Å². The molecule has 0 saturated carbocycles. The Morgan fingerprint density at radius 1 is 1.62 bits per heavy atom. The lowest BCUT2D eigenvalue weighted by Gasteiger charge is -2.06. The molecule has 0 fully saturated rings. The molecule has 3 nitrogen and oxygen atoms in total. The largest absolute Gasteiger partial charge is 0.505 e. The summed E-state index contributed by atoms with van der Waals surface area (Å²) in [6, 6.07) is 0. The number of hydrogen-bond acceptors (Lipinski definition) is 3. The van der Waals surface area contributed by atoms with Gasteiger partial charge in [-0.15, -0.1) is 12.4 Å². The highest BCUT2D eigenvalue weighted by molar-refractivity contribution is 5.85. The quantitative estimate of drug-likeness (QED) is 0.765. The smallest absolute Gasteiger partial charge is 0.144 e. The van der Waals surface area contributed by atoms with Gasteiger partial charge < -0.3 is 10.2 Å². The van der Waals surface area contributed by atoms with E-state index in [0.29, 0.717) is 16.8 Å². The van der Waals surface area contributed by atoms with Gasteiger partial charge in [0.2, 0.25) is 0 Å². The maximum absolute atomic E-state index is 9.46. The topological polar surface area (TPSA) is 53.4 Å². The highest BCUT2D eigenvalue weighted by atomic mass is 35.5. The fourth-order valence-electron chi connectivity index (χ4n) is 1.01. The number of hydrogen-bond donors (Lipinski definition) is 2. The number of aliphatic hydroxyl groups is 1. The molecule has 13 heavy (non-hydrogen) atoms. The first kappa shape index (κ1) is 11.9. The fraction of sp³-hybridized carbons (Fsp3) is 0.222. The van der Waals surface area contributed by atoms with E-state index in [-0.39, 0.29) is 24.8 Å². The molecule has 0 aliphatic carbocycles. The molecule has 4 heteroatoms. The van der Waals surface area contributed by atoms with Gasteiger partial charge >= 0.3 is 0 Å².